The monoisotopic (exact) mass is 203 g/mol. The fraction of sp³-hybridized carbons (Fsp3) is 0.417. The van der Waals surface area contributed by atoms with Gasteiger partial charge in [0.05, 0.1) is 12.5 Å². The molecule has 1 spiro atoms. The van der Waals surface area contributed by atoms with E-state index in [2.05, 4.69) is 5.32 Å². The van der Waals surface area contributed by atoms with Gasteiger partial charge in [-0.15, -0.1) is 0 Å². The molecule has 1 amide bonds. The molecule has 1 aromatic rings. The number of amides is 1. The largest absolute Gasteiger partial charge is 0.497 e. The standard InChI is InChI=1S/C12H13NO2/c1-15-8-3-4-9-10(7-8)13-11(14)12(9)5-2-6-12/h3-4,7H,2,5-6H2,1H3,(H,13,14). The third-order valence-electron chi connectivity index (χ3n) is 3.63. The Morgan fingerprint density at radius 1 is 1.40 bits per heavy atom. The van der Waals surface area contributed by atoms with Crippen LogP contribution in [-0.4, -0.2) is 13.0 Å². The topological polar surface area (TPSA) is 38.3 Å². The minimum Gasteiger partial charge on any atom is -0.497 e. The Labute approximate surface area is 88.4 Å². The number of hydrogen-bond donors (Lipinski definition) is 1. The van der Waals surface area contributed by atoms with Gasteiger partial charge in [0.25, 0.3) is 0 Å². The predicted molar refractivity (Wildman–Crippen MR) is 57.2 cm³/mol. The second-order valence-electron chi connectivity index (χ2n) is 4.30. The molecule has 3 nitrogen and oxygen atoms in total. The molecular weight excluding hydrogens is 190 g/mol. The van der Waals surface area contributed by atoms with Gasteiger partial charge < -0.3 is 10.1 Å². The highest BCUT2D eigenvalue weighted by molar-refractivity contribution is 6.07. The number of rotatable bonds is 1. The fourth-order valence-corrected chi connectivity index (χ4v) is 2.56. The Morgan fingerprint density at radius 2 is 2.20 bits per heavy atom. The molecule has 0 radical (unpaired) electrons. The van der Waals surface area contributed by atoms with E-state index in [9.17, 15) is 4.79 Å². The van der Waals surface area contributed by atoms with Gasteiger partial charge in [-0.3, -0.25) is 4.79 Å². The Kier molecular flexibility index (Phi) is 1.61. The zero-order valence-electron chi connectivity index (χ0n) is 8.67. The summed E-state index contributed by atoms with van der Waals surface area (Å²) in [5.41, 5.74) is 1.88. The van der Waals surface area contributed by atoms with Gasteiger partial charge in [-0.25, -0.2) is 0 Å². The average molecular weight is 203 g/mol. The van der Waals surface area contributed by atoms with Gasteiger partial charge in [0.1, 0.15) is 5.75 Å². The van der Waals surface area contributed by atoms with Gasteiger partial charge in [0, 0.05) is 11.8 Å². The van der Waals surface area contributed by atoms with Crippen LogP contribution in [-0.2, 0) is 10.2 Å². The van der Waals surface area contributed by atoms with Gasteiger partial charge in [0.15, 0.2) is 0 Å². The van der Waals surface area contributed by atoms with Crippen LogP contribution in [0, 0.1) is 0 Å². The zero-order valence-corrected chi connectivity index (χ0v) is 8.67. The smallest absolute Gasteiger partial charge is 0.235 e. The lowest BCUT2D eigenvalue weighted by molar-refractivity contribution is -0.123. The Balaban J connectivity index is 2.11. The highest BCUT2D eigenvalue weighted by Crippen LogP contribution is 2.51. The maximum absolute atomic E-state index is 11.9. The van der Waals surface area contributed by atoms with E-state index in [1.54, 1.807) is 7.11 Å². The Bertz CT molecular complexity index is 435. The first-order chi connectivity index (χ1) is 7.26. The Hall–Kier alpha value is -1.51. The van der Waals surface area contributed by atoms with Crippen molar-refractivity contribution in [3.63, 3.8) is 0 Å². The third-order valence-corrected chi connectivity index (χ3v) is 3.63. The number of hydrogen-bond acceptors (Lipinski definition) is 2. The lowest BCUT2D eigenvalue weighted by Gasteiger charge is -2.36. The molecular formula is C12H13NO2. The van der Waals surface area contributed by atoms with Crippen molar-refractivity contribution in [1.82, 2.24) is 0 Å². The molecule has 1 aliphatic heterocycles. The highest BCUT2D eigenvalue weighted by atomic mass is 16.5. The first kappa shape index (κ1) is 8.77. The van der Waals surface area contributed by atoms with Gasteiger partial charge >= 0.3 is 0 Å². The van der Waals surface area contributed by atoms with Crippen LogP contribution >= 0.6 is 0 Å². The summed E-state index contributed by atoms with van der Waals surface area (Å²) in [6.07, 6.45) is 3.12. The average Bonchev–Trinajstić information content (AvgIpc) is 2.47. The number of methoxy groups -OCH3 is 1. The first-order valence-electron chi connectivity index (χ1n) is 5.26. The van der Waals surface area contributed by atoms with Crippen molar-refractivity contribution < 1.29 is 9.53 Å². The molecule has 1 fully saturated rings. The van der Waals surface area contributed by atoms with Crippen molar-refractivity contribution in [2.24, 2.45) is 0 Å². The van der Waals surface area contributed by atoms with E-state index in [4.69, 9.17) is 4.74 Å². The second-order valence-corrected chi connectivity index (χ2v) is 4.30. The quantitative estimate of drug-likeness (QED) is 0.758. The van der Waals surface area contributed by atoms with Crippen LogP contribution in [0.2, 0.25) is 0 Å². The maximum Gasteiger partial charge on any atom is 0.235 e. The number of carbonyl (C=O) groups is 1. The summed E-state index contributed by atoms with van der Waals surface area (Å²) < 4.78 is 5.14. The van der Waals surface area contributed by atoms with Gasteiger partial charge in [0.2, 0.25) is 5.91 Å². The van der Waals surface area contributed by atoms with Crippen LogP contribution in [0.25, 0.3) is 0 Å². The minimum absolute atomic E-state index is 0.164. The molecule has 3 rings (SSSR count). The van der Waals surface area contributed by atoms with E-state index < -0.39 is 0 Å². The molecule has 1 saturated carbocycles. The molecule has 1 N–H and O–H groups in total. The predicted octanol–water partition coefficient (Wildman–Crippen LogP) is 2.07. The summed E-state index contributed by atoms with van der Waals surface area (Å²) in [6.45, 7) is 0. The number of ether oxygens (including phenoxy) is 1. The van der Waals surface area contributed by atoms with Crippen molar-refractivity contribution in [1.29, 1.82) is 0 Å². The number of anilines is 1. The van der Waals surface area contributed by atoms with Crippen LogP contribution in [0.3, 0.4) is 0 Å². The van der Waals surface area contributed by atoms with Crippen molar-refractivity contribution in [3.8, 4) is 5.75 Å². The molecule has 0 atom stereocenters. The molecule has 0 unspecified atom stereocenters. The van der Waals surface area contributed by atoms with Gasteiger partial charge in [-0.05, 0) is 24.5 Å². The third kappa shape index (κ3) is 0.978. The van der Waals surface area contributed by atoms with Crippen LogP contribution in [0.4, 0.5) is 5.69 Å². The minimum atomic E-state index is -0.207. The van der Waals surface area contributed by atoms with E-state index in [1.807, 2.05) is 18.2 Å². The summed E-state index contributed by atoms with van der Waals surface area (Å²) in [5, 5.41) is 2.95. The first-order valence-corrected chi connectivity index (χ1v) is 5.26. The van der Waals surface area contributed by atoms with Crippen molar-refractivity contribution in [2.75, 3.05) is 12.4 Å². The van der Waals surface area contributed by atoms with Gasteiger partial charge in [-0.1, -0.05) is 12.5 Å². The molecule has 1 heterocycles. The molecule has 0 saturated heterocycles. The summed E-state index contributed by atoms with van der Waals surface area (Å²) >= 11 is 0. The van der Waals surface area contributed by atoms with E-state index in [0.29, 0.717) is 0 Å². The lowest BCUT2D eigenvalue weighted by atomic mass is 9.65. The molecule has 0 aromatic heterocycles. The van der Waals surface area contributed by atoms with Crippen LogP contribution in [0.5, 0.6) is 5.75 Å². The summed E-state index contributed by atoms with van der Waals surface area (Å²) in [4.78, 5) is 11.9. The summed E-state index contributed by atoms with van der Waals surface area (Å²) in [7, 11) is 1.64. The second kappa shape index (κ2) is 2.75. The Morgan fingerprint density at radius 3 is 2.80 bits per heavy atom. The number of benzene rings is 1. The SMILES string of the molecule is COc1ccc2c(c1)NC(=O)C21CCC1. The fourth-order valence-electron chi connectivity index (χ4n) is 2.56. The van der Waals surface area contributed by atoms with Crippen molar-refractivity contribution in [2.45, 2.75) is 24.7 Å². The van der Waals surface area contributed by atoms with Crippen molar-refractivity contribution in [3.05, 3.63) is 23.8 Å². The van der Waals surface area contributed by atoms with Gasteiger partial charge in [-0.2, -0.15) is 0 Å². The van der Waals surface area contributed by atoms with Crippen molar-refractivity contribution >= 4 is 11.6 Å². The van der Waals surface area contributed by atoms with Crippen LogP contribution in [0.15, 0.2) is 18.2 Å². The zero-order chi connectivity index (χ0) is 10.5. The molecule has 0 bridgehead atoms. The van der Waals surface area contributed by atoms with E-state index >= 15 is 0 Å². The number of fused-ring (bicyclic) bond motifs is 2. The van der Waals surface area contributed by atoms with Crippen LogP contribution in [0.1, 0.15) is 24.8 Å². The van der Waals surface area contributed by atoms with E-state index in [0.717, 1.165) is 36.3 Å². The number of carbonyl (C=O) groups excluding carboxylic acids is 1. The molecule has 1 aromatic carbocycles. The molecule has 1 aliphatic carbocycles. The summed E-state index contributed by atoms with van der Waals surface area (Å²) in [6, 6.07) is 5.85. The van der Waals surface area contributed by atoms with Crippen LogP contribution < -0.4 is 10.1 Å². The molecule has 15 heavy (non-hydrogen) atoms. The molecule has 3 heteroatoms. The lowest BCUT2D eigenvalue weighted by Crippen LogP contribution is -2.40. The highest BCUT2D eigenvalue weighted by Gasteiger charge is 2.50. The summed E-state index contributed by atoms with van der Waals surface area (Å²) in [5.74, 6) is 0.961. The molecule has 2 aliphatic rings. The number of nitrogens with one attached hydrogen (secondary N) is 1. The van der Waals surface area contributed by atoms with E-state index in [1.165, 1.54) is 0 Å². The maximum atomic E-state index is 11.9. The normalized spacial score (nSPS) is 20.7. The molecule has 78 valence electrons. The van der Waals surface area contributed by atoms with E-state index in [-0.39, 0.29) is 11.3 Å².